The minimum atomic E-state index is -0.262. The highest BCUT2D eigenvalue weighted by Gasteiger charge is 2.20. The Morgan fingerprint density at radius 3 is 2.80 bits per heavy atom. The van der Waals surface area contributed by atoms with Crippen LogP contribution < -0.4 is 0 Å². The fraction of sp³-hybridized carbons (Fsp3) is 0.353. The molecule has 2 rings (SSSR count). The van der Waals surface area contributed by atoms with Crippen LogP contribution in [0.25, 0.3) is 6.08 Å². The summed E-state index contributed by atoms with van der Waals surface area (Å²) < 4.78 is 10.6. The largest absolute Gasteiger partial charge is 0.497 e. The first-order chi connectivity index (χ1) is 9.81. The van der Waals surface area contributed by atoms with Gasteiger partial charge in [-0.15, -0.1) is 0 Å². The summed E-state index contributed by atoms with van der Waals surface area (Å²) in [6, 6.07) is 10.0. The minimum absolute atomic E-state index is 0.262. The lowest BCUT2D eigenvalue weighted by molar-refractivity contribution is -0.138. The van der Waals surface area contributed by atoms with Crippen LogP contribution in [0.4, 0.5) is 0 Å². The molecule has 0 N–H and O–H groups in total. The van der Waals surface area contributed by atoms with Gasteiger partial charge in [0.15, 0.2) is 0 Å². The molecule has 20 heavy (non-hydrogen) atoms. The fourth-order valence-electron chi connectivity index (χ4n) is 2.14. The average Bonchev–Trinajstić information content (AvgIpc) is 2.99. The first kappa shape index (κ1) is 14.4. The van der Waals surface area contributed by atoms with Crippen molar-refractivity contribution in [1.29, 1.82) is 0 Å². The molecule has 0 atom stereocenters. The van der Waals surface area contributed by atoms with Crippen LogP contribution in [0.1, 0.15) is 31.7 Å². The van der Waals surface area contributed by atoms with Gasteiger partial charge >= 0.3 is 5.97 Å². The lowest BCUT2D eigenvalue weighted by Crippen LogP contribution is -2.10. The van der Waals surface area contributed by atoms with Crippen LogP contribution in [0.15, 0.2) is 47.7 Å². The molecular weight excluding hydrogens is 252 g/mol. The van der Waals surface area contributed by atoms with Crippen molar-refractivity contribution in [2.75, 3.05) is 13.2 Å². The van der Waals surface area contributed by atoms with Crippen molar-refractivity contribution in [3.05, 3.63) is 53.3 Å². The summed E-state index contributed by atoms with van der Waals surface area (Å²) in [5, 5.41) is 0. The summed E-state index contributed by atoms with van der Waals surface area (Å²) in [5.41, 5.74) is 1.77. The van der Waals surface area contributed by atoms with Gasteiger partial charge < -0.3 is 9.47 Å². The zero-order valence-corrected chi connectivity index (χ0v) is 11.8. The van der Waals surface area contributed by atoms with E-state index in [1.165, 1.54) is 0 Å². The van der Waals surface area contributed by atoms with Gasteiger partial charge in [0.2, 0.25) is 0 Å². The Bertz CT molecular complexity index is 492. The second kappa shape index (κ2) is 7.53. The summed E-state index contributed by atoms with van der Waals surface area (Å²) in [4.78, 5) is 12.0. The second-order valence-electron chi connectivity index (χ2n) is 4.59. The number of rotatable bonds is 5. The van der Waals surface area contributed by atoms with Gasteiger partial charge in [0.1, 0.15) is 5.76 Å². The molecule has 1 aliphatic heterocycles. The Balaban J connectivity index is 2.07. The van der Waals surface area contributed by atoms with E-state index in [2.05, 4.69) is 0 Å². The molecule has 0 radical (unpaired) electrons. The standard InChI is InChI=1S/C17H20O3/c1-2-19-17(18)15(16-12-7-13-20-16)11-6-10-14-8-4-3-5-9-14/h3-6,8-10H,2,7,11-13H2,1H3/b10-6+,16-15+. The van der Waals surface area contributed by atoms with Gasteiger partial charge in [-0.2, -0.15) is 0 Å². The highest BCUT2D eigenvalue weighted by Crippen LogP contribution is 2.23. The Morgan fingerprint density at radius 1 is 1.35 bits per heavy atom. The van der Waals surface area contributed by atoms with Crippen molar-refractivity contribution in [1.82, 2.24) is 0 Å². The van der Waals surface area contributed by atoms with Crippen LogP contribution in [0.5, 0.6) is 0 Å². The Morgan fingerprint density at radius 2 is 2.15 bits per heavy atom. The smallest absolute Gasteiger partial charge is 0.337 e. The number of hydrogen-bond acceptors (Lipinski definition) is 3. The van der Waals surface area contributed by atoms with Crippen molar-refractivity contribution >= 4 is 12.0 Å². The summed E-state index contributed by atoms with van der Waals surface area (Å²) in [6.07, 6.45) is 6.34. The highest BCUT2D eigenvalue weighted by atomic mass is 16.5. The third-order valence-electron chi connectivity index (χ3n) is 3.11. The normalized spacial score (nSPS) is 17.1. The molecule has 106 valence electrons. The molecule has 1 heterocycles. The number of carbonyl (C=O) groups is 1. The zero-order chi connectivity index (χ0) is 14.2. The van der Waals surface area contributed by atoms with Crippen LogP contribution in [-0.2, 0) is 14.3 Å². The monoisotopic (exact) mass is 272 g/mol. The van der Waals surface area contributed by atoms with Gasteiger partial charge in [0, 0.05) is 12.8 Å². The number of benzene rings is 1. The fourth-order valence-corrected chi connectivity index (χ4v) is 2.14. The summed E-state index contributed by atoms with van der Waals surface area (Å²) >= 11 is 0. The van der Waals surface area contributed by atoms with E-state index < -0.39 is 0 Å². The molecule has 0 unspecified atom stereocenters. The van der Waals surface area contributed by atoms with E-state index in [-0.39, 0.29) is 5.97 Å². The quantitative estimate of drug-likeness (QED) is 0.605. The van der Waals surface area contributed by atoms with Gasteiger partial charge in [-0.3, -0.25) is 0 Å². The van der Waals surface area contributed by atoms with E-state index in [1.54, 1.807) is 0 Å². The third-order valence-corrected chi connectivity index (χ3v) is 3.11. The van der Waals surface area contributed by atoms with Crippen LogP contribution in [0, 0.1) is 0 Å². The van der Waals surface area contributed by atoms with Crippen molar-refractivity contribution in [3.63, 3.8) is 0 Å². The Labute approximate surface area is 119 Å². The third kappa shape index (κ3) is 3.98. The maximum absolute atomic E-state index is 12.0. The van der Waals surface area contributed by atoms with Gasteiger partial charge in [0.25, 0.3) is 0 Å². The van der Waals surface area contributed by atoms with Gasteiger partial charge in [0.05, 0.1) is 18.8 Å². The lowest BCUT2D eigenvalue weighted by Gasteiger charge is -2.08. The SMILES string of the molecule is CCOC(=O)/C(C/C=C/c1ccccc1)=C1\CCCO1. The molecule has 1 aromatic carbocycles. The molecular formula is C17H20O3. The predicted molar refractivity (Wildman–Crippen MR) is 78.9 cm³/mol. The molecule has 1 aliphatic rings. The van der Waals surface area contributed by atoms with Crippen LogP contribution >= 0.6 is 0 Å². The molecule has 1 saturated heterocycles. The van der Waals surface area contributed by atoms with Crippen molar-refractivity contribution in [2.24, 2.45) is 0 Å². The maximum Gasteiger partial charge on any atom is 0.337 e. The van der Waals surface area contributed by atoms with Crippen molar-refractivity contribution in [2.45, 2.75) is 26.2 Å². The van der Waals surface area contributed by atoms with Gasteiger partial charge in [-0.05, 0) is 18.9 Å². The molecule has 0 amide bonds. The highest BCUT2D eigenvalue weighted by molar-refractivity contribution is 5.89. The molecule has 3 heteroatoms. The van der Waals surface area contributed by atoms with Crippen molar-refractivity contribution < 1.29 is 14.3 Å². The summed E-state index contributed by atoms with van der Waals surface area (Å²) in [5.74, 6) is 0.531. The summed E-state index contributed by atoms with van der Waals surface area (Å²) in [7, 11) is 0. The number of allylic oxidation sites excluding steroid dienone is 2. The number of carbonyl (C=O) groups excluding carboxylic acids is 1. The van der Waals surface area contributed by atoms with Crippen LogP contribution in [-0.4, -0.2) is 19.2 Å². The molecule has 1 aromatic rings. The maximum atomic E-state index is 12.0. The first-order valence-electron chi connectivity index (χ1n) is 7.04. The van der Waals surface area contributed by atoms with Crippen LogP contribution in [0.3, 0.4) is 0 Å². The van der Waals surface area contributed by atoms with E-state index >= 15 is 0 Å². The Kier molecular flexibility index (Phi) is 5.42. The Hall–Kier alpha value is -2.03. The zero-order valence-electron chi connectivity index (χ0n) is 11.8. The first-order valence-corrected chi connectivity index (χ1v) is 7.04. The number of esters is 1. The van der Waals surface area contributed by atoms with Crippen LogP contribution in [0.2, 0.25) is 0 Å². The predicted octanol–water partition coefficient (Wildman–Crippen LogP) is 3.72. The lowest BCUT2D eigenvalue weighted by atomic mass is 10.1. The number of hydrogen-bond donors (Lipinski definition) is 0. The van der Waals surface area contributed by atoms with Crippen molar-refractivity contribution in [3.8, 4) is 0 Å². The molecule has 1 fully saturated rings. The number of ether oxygens (including phenoxy) is 2. The average molecular weight is 272 g/mol. The van der Waals surface area contributed by atoms with E-state index in [0.29, 0.717) is 25.2 Å². The van der Waals surface area contributed by atoms with E-state index in [0.717, 1.165) is 24.2 Å². The molecule has 0 saturated carbocycles. The molecule has 0 spiro atoms. The van der Waals surface area contributed by atoms with E-state index in [9.17, 15) is 4.79 Å². The van der Waals surface area contributed by atoms with Gasteiger partial charge in [-0.1, -0.05) is 42.5 Å². The molecule has 0 aromatic heterocycles. The topological polar surface area (TPSA) is 35.5 Å². The molecule has 0 aliphatic carbocycles. The molecule has 0 bridgehead atoms. The van der Waals surface area contributed by atoms with E-state index in [1.807, 2.05) is 49.4 Å². The molecule has 3 nitrogen and oxygen atoms in total. The second-order valence-corrected chi connectivity index (χ2v) is 4.59. The minimum Gasteiger partial charge on any atom is -0.497 e. The van der Waals surface area contributed by atoms with Gasteiger partial charge in [-0.25, -0.2) is 4.79 Å². The summed E-state index contributed by atoms with van der Waals surface area (Å²) in [6.45, 7) is 2.90. The van der Waals surface area contributed by atoms with E-state index in [4.69, 9.17) is 9.47 Å².